The van der Waals surface area contributed by atoms with Crippen molar-refractivity contribution in [1.82, 2.24) is 4.98 Å². The molecule has 0 aromatic carbocycles. The van der Waals surface area contributed by atoms with E-state index in [9.17, 15) is 4.79 Å². The fourth-order valence-electron chi connectivity index (χ4n) is 1.02. The molecular formula is C11H16N2O2S. The minimum absolute atomic E-state index is 0.0425. The molecular weight excluding hydrogens is 224 g/mol. The monoisotopic (exact) mass is 240 g/mol. The Balaban J connectivity index is 2.78. The molecule has 0 saturated heterocycles. The fourth-order valence-corrected chi connectivity index (χ4v) is 2.10. The molecule has 0 fully saturated rings. The maximum Gasteiger partial charge on any atom is 0.354 e. The average Bonchev–Trinajstić information content (AvgIpc) is 2.27. The molecule has 4 nitrogen and oxygen atoms in total. The Hall–Kier alpha value is -1.23. The van der Waals surface area contributed by atoms with E-state index in [0.717, 1.165) is 12.2 Å². The molecule has 1 heterocycles. The molecule has 0 amide bonds. The largest absolute Gasteiger partial charge is 0.477 e. The van der Waals surface area contributed by atoms with Gasteiger partial charge >= 0.3 is 5.97 Å². The molecule has 1 aromatic rings. The summed E-state index contributed by atoms with van der Waals surface area (Å²) in [6, 6.07) is 3.01. The van der Waals surface area contributed by atoms with Gasteiger partial charge in [-0.25, -0.2) is 9.78 Å². The molecule has 0 aliphatic heterocycles. The number of carboxylic acids is 1. The highest BCUT2D eigenvalue weighted by molar-refractivity contribution is 7.99. The number of nitrogens with two attached hydrogens (primary N) is 1. The Morgan fingerprint density at radius 2 is 2.31 bits per heavy atom. The van der Waals surface area contributed by atoms with Crippen molar-refractivity contribution in [2.75, 3.05) is 11.5 Å². The minimum atomic E-state index is -1.02. The number of anilines is 1. The lowest BCUT2D eigenvalue weighted by atomic mass is 10.2. The second-order valence-electron chi connectivity index (χ2n) is 3.72. The summed E-state index contributed by atoms with van der Waals surface area (Å²) in [5.41, 5.74) is 6.32. The molecule has 0 aliphatic carbocycles. The van der Waals surface area contributed by atoms with E-state index in [0.29, 0.717) is 16.6 Å². The minimum Gasteiger partial charge on any atom is -0.477 e. The highest BCUT2D eigenvalue weighted by Gasteiger charge is 2.10. The first-order valence-corrected chi connectivity index (χ1v) is 6.15. The highest BCUT2D eigenvalue weighted by atomic mass is 32.2. The van der Waals surface area contributed by atoms with Gasteiger partial charge in [0.15, 0.2) is 0 Å². The van der Waals surface area contributed by atoms with Crippen LogP contribution < -0.4 is 5.73 Å². The quantitative estimate of drug-likeness (QED) is 0.773. The van der Waals surface area contributed by atoms with Gasteiger partial charge in [-0.1, -0.05) is 20.3 Å². The third-order valence-electron chi connectivity index (χ3n) is 2.31. The first-order valence-electron chi connectivity index (χ1n) is 5.17. The number of nitrogen functional groups attached to an aromatic ring is 1. The van der Waals surface area contributed by atoms with Gasteiger partial charge in [-0.05, 0) is 18.1 Å². The second kappa shape index (κ2) is 5.75. The van der Waals surface area contributed by atoms with E-state index in [2.05, 4.69) is 18.8 Å². The Morgan fingerprint density at radius 1 is 1.62 bits per heavy atom. The van der Waals surface area contributed by atoms with E-state index in [1.165, 1.54) is 17.8 Å². The van der Waals surface area contributed by atoms with Crippen molar-refractivity contribution < 1.29 is 9.90 Å². The van der Waals surface area contributed by atoms with E-state index >= 15 is 0 Å². The Kier molecular flexibility index (Phi) is 4.61. The van der Waals surface area contributed by atoms with Crippen LogP contribution in [-0.4, -0.2) is 21.8 Å². The summed E-state index contributed by atoms with van der Waals surface area (Å²) in [5.74, 6) is 0.446. The first kappa shape index (κ1) is 12.8. The maximum atomic E-state index is 10.7. The number of aromatic nitrogens is 1. The number of carboxylic acid groups (broad SMARTS) is 1. The van der Waals surface area contributed by atoms with Crippen molar-refractivity contribution in [2.24, 2.45) is 5.92 Å². The van der Waals surface area contributed by atoms with Crippen molar-refractivity contribution in [3.63, 3.8) is 0 Å². The molecule has 0 aliphatic rings. The number of hydrogen-bond donors (Lipinski definition) is 2. The summed E-state index contributed by atoms with van der Waals surface area (Å²) < 4.78 is 0. The van der Waals surface area contributed by atoms with Crippen molar-refractivity contribution in [3.8, 4) is 0 Å². The van der Waals surface area contributed by atoms with Gasteiger partial charge in [0.1, 0.15) is 10.7 Å². The van der Waals surface area contributed by atoms with Crippen molar-refractivity contribution in [2.45, 2.75) is 25.3 Å². The fraction of sp³-hybridized carbons (Fsp3) is 0.455. The number of rotatable bonds is 5. The van der Waals surface area contributed by atoms with Crippen LogP contribution in [0.25, 0.3) is 0 Å². The molecule has 1 unspecified atom stereocenters. The van der Waals surface area contributed by atoms with Crippen molar-refractivity contribution >= 4 is 23.4 Å². The standard InChI is InChI=1S/C11H16N2O2S/c1-3-7(2)6-16-10-8(12)4-5-9(13-10)11(14)15/h4-5,7H,3,6,12H2,1-2H3,(H,14,15). The molecule has 5 heteroatoms. The maximum absolute atomic E-state index is 10.7. The Bertz CT molecular complexity index is 382. The van der Waals surface area contributed by atoms with E-state index in [4.69, 9.17) is 10.8 Å². The van der Waals surface area contributed by atoms with E-state index < -0.39 is 5.97 Å². The van der Waals surface area contributed by atoms with Crippen LogP contribution in [0.1, 0.15) is 30.8 Å². The molecule has 16 heavy (non-hydrogen) atoms. The second-order valence-corrected chi connectivity index (χ2v) is 4.73. The number of pyridine rings is 1. The zero-order valence-corrected chi connectivity index (χ0v) is 10.3. The first-order chi connectivity index (χ1) is 7.54. The molecule has 0 spiro atoms. The van der Waals surface area contributed by atoms with Gasteiger partial charge in [-0.3, -0.25) is 0 Å². The predicted octanol–water partition coefficient (Wildman–Crippen LogP) is 2.50. The normalized spacial score (nSPS) is 12.4. The van der Waals surface area contributed by atoms with E-state index in [1.807, 2.05) is 0 Å². The van der Waals surface area contributed by atoms with Gasteiger partial charge in [0, 0.05) is 5.75 Å². The number of thioether (sulfide) groups is 1. The average molecular weight is 240 g/mol. The van der Waals surface area contributed by atoms with Gasteiger partial charge in [-0.15, -0.1) is 11.8 Å². The number of aromatic carboxylic acids is 1. The van der Waals surface area contributed by atoms with Crippen LogP contribution in [0.3, 0.4) is 0 Å². The molecule has 88 valence electrons. The van der Waals surface area contributed by atoms with Gasteiger partial charge in [0.25, 0.3) is 0 Å². The number of nitrogens with zero attached hydrogens (tertiary/aromatic N) is 1. The van der Waals surface area contributed by atoms with Crippen LogP contribution >= 0.6 is 11.8 Å². The van der Waals surface area contributed by atoms with E-state index in [-0.39, 0.29) is 5.69 Å². The van der Waals surface area contributed by atoms with Crippen LogP contribution in [0, 0.1) is 5.92 Å². The van der Waals surface area contributed by atoms with E-state index in [1.54, 1.807) is 6.07 Å². The summed E-state index contributed by atoms with van der Waals surface area (Å²) in [5, 5.41) is 9.42. The van der Waals surface area contributed by atoms with Gasteiger partial charge < -0.3 is 10.8 Å². The molecule has 1 aromatic heterocycles. The zero-order valence-electron chi connectivity index (χ0n) is 9.43. The lowest BCUT2D eigenvalue weighted by Crippen LogP contribution is -2.04. The molecule has 3 N–H and O–H groups in total. The van der Waals surface area contributed by atoms with Gasteiger partial charge in [0.05, 0.1) is 5.69 Å². The van der Waals surface area contributed by atoms with Crippen LogP contribution in [0.5, 0.6) is 0 Å². The molecule has 0 bridgehead atoms. The van der Waals surface area contributed by atoms with Crippen LogP contribution in [0.4, 0.5) is 5.69 Å². The Labute approximate surface area is 99.3 Å². The summed E-state index contributed by atoms with van der Waals surface area (Å²) in [6.45, 7) is 4.26. The molecule has 0 saturated carbocycles. The summed E-state index contributed by atoms with van der Waals surface area (Å²) in [7, 11) is 0. The van der Waals surface area contributed by atoms with Gasteiger partial charge in [-0.2, -0.15) is 0 Å². The number of hydrogen-bond acceptors (Lipinski definition) is 4. The summed E-state index contributed by atoms with van der Waals surface area (Å²) in [4.78, 5) is 14.8. The highest BCUT2D eigenvalue weighted by Crippen LogP contribution is 2.25. The number of carbonyl (C=O) groups is 1. The SMILES string of the molecule is CCC(C)CSc1nc(C(=O)O)ccc1N. The van der Waals surface area contributed by atoms with Crippen molar-refractivity contribution in [1.29, 1.82) is 0 Å². The lowest BCUT2D eigenvalue weighted by Gasteiger charge is -2.09. The topological polar surface area (TPSA) is 76.2 Å². The van der Waals surface area contributed by atoms with Gasteiger partial charge in [0.2, 0.25) is 0 Å². The summed E-state index contributed by atoms with van der Waals surface area (Å²) >= 11 is 1.51. The van der Waals surface area contributed by atoms with Crippen molar-refractivity contribution in [3.05, 3.63) is 17.8 Å². The Morgan fingerprint density at radius 3 is 2.88 bits per heavy atom. The molecule has 1 rings (SSSR count). The molecule has 0 radical (unpaired) electrons. The lowest BCUT2D eigenvalue weighted by molar-refractivity contribution is 0.0690. The summed E-state index contributed by atoms with van der Waals surface area (Å²) in [6.07, 6.45) is 1.09. The van der Waals surface area contributed by atoms with Crippen LogP contribution in [0.2, 0.25) is 0 Å². The predicted molar refractivity (Wildman–Crippen MR) is 65.8 cm³/mol. The van der Waals surface area contributed by atoms with Crippen LogP contribution in [0.15, 0.2) is 17.2 Å². The third-order valence-corrected chi connectivity index (χ3v) is 3.65. The van der Waals surface area contributed by atoms with Crippen LogP contribution in [-0.2, 0) is 0 Å². The molecule has 1 atom stereocenters. The zero-order chi connectivity index (χ0) is 12.1. The third kappa shape index (κ3) is 3.41. The smallest absolute Gasteiger partial charge is 0.354 e.